The third kappa shape index (κ3) is 5.77. The first-order chi connectivity index (χ1) is 17.3. The molecular weight excluding hydrogens is 498 g/mol. The van der Waals surface area contributed by atoms with Crippen LogP contribution in [0.25, 0.3) is 10.2 Å². The minimum atomic E-state index is -3.60. The first-order valence-electron chi connectivity index (χ1n) is 12.3. The van der Waals surface area contributed by atoms with Crippen molar-refractivity contribution in [2.75, 3.05) is 19.7 Å². The molecule has 1 aromatic heterocycles. The third-order valence-electron chi connectivity index (χ3n) is 6.25. The number of hydrogen-bond acceptors (Lipinski definition) is 6. The molecule has 1 fully saturated rings. The van der Waals surface area contributed by atoms with Crippen molar-refractivity contribution < 1.29 is 22.7 Å². The first kappa shape index (κ1) is 26.2. The van der Waals surface area contributed by atoms with Crippen LogP contribution >= 0.6 is 11.3 Å². The molecule has 0 bridgehead atoms. The molecule has 0 N–H and O–H groups in total. The highest BCUT2D eigenvalue weighted by molar-refractivity contribution is 7.89. The number of aryl methyl sites for hydroxylation is 1. The Morgan fingerprint density at radius 2 is 1.69 bits per heavy atom. The van der Waals surface area contributed by atoms with Crippen molar-refractivity contribution in [1.82, 2.24) is 8.87 Å². The van der Waals surface area contributed by atoms with Gasteiger partial charge in [0.05, 0.1) is 21.7 Å². The van der Waals surface area contributed by atoms with Gasteiger partial charge in [-0.1, -0.05) is 37.2 Å². The topological polar surface area (TPSA) is 98.0 Å². The number of rotatable bonds is 7. The fourth-order valence-electron chi connectivity index (χ4n) is 4.26. The van der Waals surface area contributed by atoms with Crippen LogP contribution in [0.15, 0.2) is 52.4 Å². The van der Waals surface area contributed by atoms with Crippen molar-refractivity contribution in [2.24, 2.45) is 4.99 Å². The van der Waals surface area contributed by atoms with Crippen LogP contribution in [0.1, 0.15) is 55.5 Å². The van der Waals surface area contributed by atoms with Gasteiger partial charge in [0.15, 0.2) is 4.80 Å². The molecule has 0 unspecified atom stereocenters. The molecule has 4 rings (SSSR count). The molecule has 8 nitrogen and oxygen atoms in total. The van der Waals surface area contributed by atoms with Gasteiger partial charge in [0.2, 0.25) is 10.0 Å². The highest BCUT2D eigenvalue weighted by atomic mass is 32.2. The summed E-state index contributed by atoms with van der Waals surface area (Å²) in [6.45, 7) is 5.05. The maximum atomic E-state index is 13.0. The molecule has 1 aliphatic heterocycles. The van der Waals surface area contributed by atoms with E-state index in [-0.39, 0.29) is 23.6 Å². The molecule has 192 valence electrons. The maximum absolute atomic E-state index is 13.0. The Balaban J connectivity index is 1.65. The molecule has 36 heavy (non-hydrogen) atoms. The smallest absolute Gasteiger partial charge is 0.326 e. The number of hydrogen-bond donors (Lipinski definition) is 0. The van der Waals surface area contributed by atoms with Gasteiger partial charge in [-0.15, -0.1) is 0 Å². The average molecular weight is 530 g/mol. The minimum absolute atomic E-state index is 0.0571. The summed E-state index contributed by atoms with van der Waals surface area (Å²) in [6, 6.07) is 11.9. The number of aromatic nitrogens is 1. The molecule has 1 saturated heterocycles. The van der Waals surface area contributed by atoms with Crippen LogP contribution in [0.4, 0.5) is 0 Å². The van der Waals surface area contributed by atoms with E-state index in [0.29, 0.717) is 17.9 Å². The van der Waals surface area contributed by atoms with Crippen molar-refractivity contribution in [3.63, 3.8) is 0 Å². The molecule has 0 saturated carbocycles. The molecule has 0 radical (unpaired) electrons. The molecule has 2 heterocycles. The van der Waals surface area contributed by atoms with Crippen molar-refractivity contribution in [2.45, 2.75) is 57.4 Å². The largest absolute Gasteiger partial charge is 0.465 e. The van der Waals surface area contributed by atoms with E-state index in [4.69, 9.17) is 4.74 Å². The van der Waals surface area contributed by atoms with Gasteiger partial charge in [-0.2, -0.15) is 9.30 Å². The van der Waals surface area contributed by atoms with Gasteiger partial charge in [0.25, 0.3) is 5.91 Å². The van der Waals surface area contributed by atoms with E-state index in [9.17, 15) is 18.0 Å². The van der Waals surface area contributed by atoms with Crippen LogP contribution in [0, 0.1) is 0 Å². The number of carbonyl (C=O) groups is 2. The summed E-state index contributed by atoms with van der Waals surface area (Å²) in [5.41, 5.74) is 2.22. The molecule has 3 aromatic rings. The Hall–Kier alpha value is -2.82. The molecule has 1 amide bonds. The molecule has 0 aliphatic carbocycles. The number of thiazole rings is 1. The number of amides is 1. The average Bonchev–Trinajstić information content (AvgIpc) is 3.03. The monoisotopic (exact) mass is 529 g/mol. The summed E-state index contributed by atoms with van der Waals surface area (Å²) in [4.78, 5) is 30.1. The van der Waals surface area contributed by atoms with E-state index >= 15 is 0 Å². The van der Waals surface area contributed by atoms with Crippen molar-refractivity contribution in [3.05, 3.63) is 58.4 Å². The fraction of sp³-hybridized carbons (Fsp3) is 0.423. The number of benzene rings is 2. The predicted octanol–water partition coefficient (Wildman–Crippen LogP) is 4.13. The van der Waals surface area contributed by atoms with E-state index in [0.717, 1.165) is 47.9 Å². The highest BCUT2D eigenvalue weighted by Crippen LogP contribution is 2.22. The van der Waals surface area contributed by atoms with Crippen LogP contribution < -0.4 is 4.80 Å². The molecule has 10 heteroatoms. The number of fused-ring (bicyclic) bond motifs is 1. The number of ether oxygens (including phenoxy) is 1. The Kier molecular flexibility index (Phi) is 8.38. The first-order valence-corrected chi connectivity index (χ1v) is 14.6. The lowest BCUT2D eigenvalue weighted by molar-refractivity contribution is -0.143. The van der Waals surface area contributed by atoms with Gasteiger partial charge in [0.1, 0.15) is 6.54 Å². The van der Waals surface area contributed by atoms with Gasteiger partial charge in [-0.25, -0.2) is 8.42 Å². The van der Waals surface area contributed by atoms with Crippen LogP contribution in [-0.2, 0) is 32.5 Å². The second kappa shape index (κ2) is 11.5. The summed E-state index contributed by atoms with van der Waals surface area (Å²) < 4.78 is 35.3. The van der Waals surface area contributed by atoms with E-state index in [1.807, 2.05) is 18.2 Å². The van der Waals surface area contributed by atoms with Crippen molar-refractivity contribution in [3.8, 4) is 0 Å². The van der Waals surface area contributed by atoms with Crippen LogP contribution in [0.3, 0.4) is 0 Å². The van der Waals surface area contributed by atoms with Crippen LogP contribution in [0.5, 0.6) is 0 Å². The summed E-state index contributed by atoms with van der Waals surface area (Å²) >= 11 is 1.33. The van der Waals surface area contributed by atoms with Crippen molar-refractivity contribution >= 4 is 43.5 Å². The zero-order valence-corrected chi connectivity index (χ0v) is 22.2. The zero-order chi connectivity index (χ0) is 25.7. The molecule has 2 aromatic carbocycles. The predicted molar refractivity (Wildman–Crippen MR) is 139 cm³/mol. The van der Waals surface area contributed by atoms with Gasteiger partial charge in [-0.05, 0) is 68.1 Å². The van der Waals surface area contributed by atoms with Gasteiger partial charge >= 0.3 is 5.97 Å². The van der Waals surface area contributed by atoms with E-state index in [2.05, 4.69) is 11.9 Å². The number of nitrogens with zero attached hydrogens (tertiary/aromatic N) is 3. The molecular formula is C26H31N3O5S2. The maximum Gasteiger partial charge on any atom is 0.326 e. The Morgan fingerprint density at radius 3 is 2.33 bits per heavy atom. The summed E-state index contributed by atoms with van der Waals surface area (Å²) in [5.74, 6) is -0.915. The minimum Gasteiger partial charge on any atom is -0.465 e. The number of carbonyl (C=O) groups excluding carboxylic acids is 2. The van der Waals surface area contributed by atoms with E-state index in [1.165, 1.54) is 39.9 Å². The SMILES string of the molecule is CCOC(=O)Cn1c(=NC(=O)c2ccc(S(=O)(=O)N3CCCCCC3)cc2)sc2cc(CC)ccc21. The highest BCUT2D eigenvalue weighted by Gasteiger charge is 2.25. The summed E-state index contributed by atoms with van der Waals surface area (Å²) in [7, 11) is -3.60. The van der Waals surface area contributed by atoms with Gasteiger partial charge in [0, 0.05) is 18.7 Å². The quantitative estimate of drug-likeness (QED) is 0.429. The van der Waals surface area contributed by atoms with E-state index < -0.39 is 21.9 Å². The normalized spacial score (nSPS) is 15.7. The number of sulfonamides is 1. The molecule has 0 atom stereocenters. The fourth-order valence-corrected chi connectivity index (χ4v) is 6.87. The van der Waals surface area contributed by atoms with Crippen LogP contribution in [0.2, 0.25) is 0 Å². The van der Waals surface area contributed by atoms with Gasteiger partial charge < -0.3 is 9.30 Å². The zero-order valence-electron chi connectivity index (χ0n) is 20.6. The molecule has 1 aliphatic rings. The second-order valence-electron chi connectivity index (χ2n) is 8.69. The summed E-state index contributed by atoms with van der Waals surface area (Å²) in [6.07, 6.45) is 4.65. The Morgan fingerprint density at radius 1 is 1.00 bits per heavy atom. The van der Waals surface area contributed by atoms with Crippen molar-refractivity contribution in [1.29, 1.82) is 0 Å². The lowest BCUT2D eigenvalue weighted by atomic mass is 10.2. The third-order valence-corrected chi connectivity index (χ3v) is 9.20. The van der Waals surface area contributed by atoms with Crippen LogP contribution in [-0.4, -0.2) is 48.9 Å². The van der Waals surface area contributed by atoms with Gasteiger partial charge in [-0.3, -0.25) is 9.59 Å². The summed E-state index contributed by atoms with van der Waals surface area (Å²) in [5, 5.41) is 0. The lowest BCUT2D eigenvalue weighted by Crippen LogP contribution is -2.31. The Bertz CT molecular complexity index is 1410. The second-order valence-corrected chi connectivity index (χ2v) is 11.6. The van der Waals surface area contributed by atoms with E-state index in [1.54, 1.807) is 11.5 Å². The lowest BCUT2D eigenvalue weighted by Gasteiger charge is -2.19. The Labute approximate surface area is 215 Å². The standard InChI is InChI=1S/C26H31N3O5S2/c1-3-19-9-14-22-23(17-19)35-26(29(22)18-24(30)34-4-2)27-25(31)20-10-12-21(13-11-20)36(32,33)28-15-7-5-6-8-16-28/h9-14,17H,3-8,15-16,18H2,1-2H3. The number of esters is 1. The molecule has 0 spiro atoms.